The monoisotopic (exact) mass is 242 g/mol. The summed E-state index contributed by atoms with van der Waals surface area (Å²) in [6.07, 6.45) is 4.76. The van der Waals surface area contributed by atoms with Crippen LogP contribution in [-0.2, 0) is 13.0 Å². The van der Waals surface area contributed by atoms with Gasteiger partial charge in [0.15, 0.2) is 5.82 Å². The Labute approximate surface area is 107 Å². The number of aryl methyl sites for hydroxylation is 2. The van der Waals surface area contributed by atoms with Gasteiger partial charge in [-0.3, -0.25) is 0 Å². The maximum absolute atomic E-state index is 5.86. The number of hydrogen-bond acceptors (Lipinski definition) is 3. The number of benzene rings is 1. The Balaban J connectivity index is 2.06. The maximum Gasteiger partial charge on any atom is 0.163 e. The zero-order chi connectivity index (χ0) is 12.5. The highest BCUT2D eigenvalue weighted by atomic mass is 15.3. The third kappa shape index (κ3) is 1.88. The zero-order valence-corrected chi connectivity index (χ0v) is 10.7. The average Bonchev–Trinajstić information content (AvgIpc) is 2.62. The first-order chi connectivity index (χ1) is 8.75. The predicted molar refractivity (Wildman–Crippen MR) is 72.2 cm³/mol. The minimum atomic E-state index is 0.828. The highest BCUT2D eigenvalue weighted by molar-refractivity contribution is 5.62. The van der Waals surface area contributed by atoms with Crippen LogP contribution in [0, 0.1) is 6.92 Å². The summed E-state index contributed by atoms with van der Waals surface area (Å²) in [5.41, 5.74) is 8.90. The second-order valence-electron chi connectivity index (χ2n) is 4.97. The topological polar surface area (TPSA) is 56.7 Å². The molecule has 0 fully saturated rings. The van der Waals surface area contributed by atoms with Crippen LogP contribution in [-0.4, -0.2) is 14.8 Å². The summed E-state index contributed by atoms with van der Waals surface area (Å²) in [4.78, 5) is 0. The number of nitrogen functional groups attached to an aromatic ring is 1. The summed E-state index contributed by atoms with van der Waals surface area (Å²) < 4.78 is 2.26. The highest BCUT2D eigenvalue weighted by Gasteiger charge is 2.16. The second kappa shape index (κ2) is 4.44. The van der Waals surface area contributed by atoms with Crippen LogP contribution in [0.4, 0.5) is 5.69 Å². The molecule has 0 spiro atoms. The molecule has 2 N–H and O–H groups in total. The highest BCUT2D eigenvalue weighted by Crippen LogP contribution is 2.25. The van der Waals surface area contributed by atoms with Gasteiger partial charge in [-0.2, -0.15) is 0 Å². The van der Waals surface area contributed by atoms with E-state index in [0.29, 0.717) is 0 Å². The van der Waals surface area contributed by atoms with E-state index in [1.807, 2.05) is 19.1 Å². The summed E-state index contributed by atoms with van der Waals surface area (Å²) in [5.74, 6) is 2.10. The molecule has 1 aliphatic heterocycles. The van der Waals surface area contributed by atoms with Crippen LogP contribution >= 0.6 is 0 Å². The van der Waals surface area contributed by atoms with Gasteiger partial charge < -0.3 is 10.3 Å². The number of anilines is 1. The van der Waals surface area contributed by atoms with E-state index in [4.69, 9.17) is 5.73 Å². The predicted octanol–water partition coefficient (Wildman–Crippen LogP) is 2.56. The SMILES string of the molecule is Cc1cc(-c2nnc3n2CCCCC3)ccc1N. The summed E-state index contributed by atoms with van der Waals surface area (Å²) in [6.45, 7) is 3.06. The number of fused-ring (bicyclic) bond motifs is 1. The summed E-state index contributed by atoms with van der Waals surface area (Å²) in [7, 11) is 0. The van der Waals surface area contributed by atoms with Gasteiger partial charge in [-0.1, -0.05) is 6.42 Å². The van der Waals surface area contributed by atoms with Gasteiger partial charge in [0.1, 0.15) is 5.82 Å². The molecule has 1 aliphatic rings. The Bertz CT molecular complexity index is 571. The van der Waals surface area contributed by atoms with E-state index in [2.05, 4.69) is 20.8 Å². The van der Waals surface area contributed by atoms with Crippen molar-refractivity contribution in [3.63, 3.8) is 0 Å². The second-order valence-corrected chi connectivity index (χ2v) is 4.97. The fraction of sp³-hybridized carbons (Fsp3) is 0.429. The Kier molecular flexibility index (Phi) is 2.78. The number of nitrogens with two attached hydrogens (primary N) is 1. The molecule has 0 saturated heterocycles. The van der Waals surface area contributed by atoms with E-state index in [1.165, 1.54) is 19.3 Å². The van der Waals surface area contributed by atoms with E-state index in [1.54, 1.807) is 0 Å². The van der Waals surface area contributed by atoms with Crippen LogP contribution < -0.4 is 5.73 Å². The van der Waals surface area contributed by atoms with Gasteiger partial charge in [0.25, 0.3) is 0 Å². The molecule has 1 aromatic heterocycles. The van der Waals surface area contributed by atoms with Gasteiger partial charge in [0.2, 0.25) is 0 Å². The van der Waals surface area contributed by atoms with Crippen molar-refractivity contribution < 1.29 is 0 Å². The van der Waals surface area contributed by atoms with E-state index in [-0.39, 0.29) is 0 Å². The number of aromatic nitrogens is 3. The van der Waals surface area contributed by atoms with Gasteiger partial charge >= 0.3 is 0 Å². The Hall–Kier alpha value is -1.84. The lowest BCUT2D eigenvalue weighted by Gasteiger charge is -2.08. The Morgan fingerprint density at radius 2 is 2.06 bits per heavy atom. The Morgan fingerprint density at radius 1 is 1.17 bits per heavy atom. The standard InChI is InChI=1S/C14H18N4/c1-10-9-11(6-7-12(10)15)14-17-16-13-5-3-2-4-8-18(13)14/h6-7,9H,2-5,8,15H2,1H3. The molecule has 0 saturated carbocycles. The average molecular weight is 242 g/mol. The van der Waals surface area contributed by atoms with Crippen molar-refractivity contribution in [2.24, 2.45) is 0 Å². The molecule has 0 atom stereocenters. The third-order valence-corrected chi connectivity index (χ3v) is 3.64. The maximum atomic E-state index is 5.86. The molecule has 3 rings (SSSR count). The number of rotatable bonds is 1. The van der Waals surface area contributed by atoms with Crippen molar-refractivity contribution in [2.45, 2.75) is 39.2 Å². The molecule has 0 unspecified atom stereocenters. The molecule has 0 radical (unpaired) electrons. The van der Waals surface area contributed by atoms with Crippen molar-refractivity contribution in [1.82, 2.24) is 14.8 Å². The molecule has 1 aromatic carbocycles. The molecule has 94 valence electrons. The first-order valence-electron chi connectivity index (χ1n) is 6.54. The molecule has 0 amide bonds. The van der Waals surface area contributed by atoms with Crippen LogP contribution in [0.1, 0.15) is 30.7 Å². The van der Waals surface area contributed by atoms with Gasteiger partial charge in [0, 0.05) is 24.2 Å². The normalized spacial score (nSPS) is 15.2. The molecule has 4 heteroatoms. The molecular weight excluding hydrogens is 224 g/mol. The molecule has 0 bridgehead atoms. The van der Waals surface area contributed by atoms with Crippen LogP contribution in [0.2, 0.25) is 0 Å². The van der Waals surface area contributed by atoms with Gasteiger partial charge in [-0.05, 0) is 43.5 Å². The van der Waals surface area contributed by atoms with Crippen LogP contribution in [0.3, 0.4) is 0 Å². The fourth-order valence-corrected chi connectivity index (χ4v) is 2.51. The first kappa shape index (κ1) is 11.3. The van der Waals surface area contributed by atoms with Crippen molar-refractivity contribution in [2.75, 3.05) is 5.73 Å². The minimum Gasteiger partial charge on any atom is -0.399 e. The number of hydrogen-bond donors (Lipinski definition) is 1. The largest absolute Gasteiger partial charge is 0.399 e. The quantitative estimate of drug-likeness (QED) is 0.782. The van der Waals surface area contributed by atoms with Crippen LogP contribution in [0.25, 0.3) is 11.4 Å². The van der Waals surface area contributed by atoms with Crippen molar-refractivity contribution >= 4 is 5.69 Å². The molecule has 2 aromatic rings. The lowest BCUT2D eigenvalue weighted by Crippen LogP contribution is -2.03. The van der Waals surface area contributed by atoms with Crippen LogP contribution in [0.5, 0.6) is 0 Å². The van der Waals surface area contributed by atoms with E-state index < -0.39 is 0 Å². The van der Waals surface area contributed by atoms with E-state index in [9.17, 15) is 0 Å². The minimum absolute atomic E-state index is 0.828. The summed E-state index contributed by atoms with van der Waals surface area (Å²) >= 11 is 0. The number of nitrogens with zero attached hydrogens (tertiary/aromatic N) is 3. The van der Waals surface area contributed by atoms with E-state index in [0.717, 1.165) is 41.4 Å². The van der Waals surface area contributed by atoms with Gasteiger partial charge in [0.05, 0.1) is 0 Å². The summed E-state index contributed by atoms with van der Waals surface area (Å²) in [6, 6.07) is 6.07. The van der Waals surface area contributed by atoms with Gasteiger partial charge in [-0.25, -0.2) is 0 Å². The smallest absolute Gasteiger partial charge is 0.163 e. The first-order valence-corrected chi connectivity index (χ1v) is 6.54. The lowest BCUT2D eigenvalue weighted by atomic mass is 10.1. The molecule has 4 nitrogen and oxygen atoms in total. The van der Waals surface area contributed by atoms with Crippen LogP contribution in [0.15, 0.2) is 18.2 Å². The van der Waals surface area contributed by atoms with Crippen molar-refractivity contribution in [3.05, 3.63) is 29.6 Å². The molecular formula is C14H18N4. The third-order valence-electron chi connectivity index (χ3n) is 3.64. The molecule has 18 heavy (non-hydrogen) atoms. The van der Waals surface area contributed by atoms with Crippen molar-refractivity contribution in [1.29, 1.82) is 0 Å². The lowest BCUT2D eigenvalue weighted by molar-refractivity contribution is 0.636. The van der Waals surface area contributed by atoms with Gasteiger partial charge in [-0.15, -0.1) is 10.2 Å². The van der Waals surface area contributed by atoms with Crippen molar-refractivity contribution in [3.8, 4) is 11.4 Å². The molecule has 0 aliphatic carbocycles. The summed E-state index contributed by atoms with van der Waals surface area (Å²) in [5, 5.41) is 8.68. The zero-order valence-electron chi connectivity index (χ0n) is 10.7. The van der Waals surface area contributed by atoms with E-state index >= 15 is 0 Å². The molecule has 2 heterocycles. The Morgan fingerprint density at radius 3 is 2.89 bits per heavy atom. The fourth-order valence-electron chi connectivity index (χ4n) is 2.51.